The van der Waals surface area contributed by atoms with Gasteiger partial charge in [-0.15, -0.1) is 0 Å². The number of aliphatic imine (C=N–C) groups is 1. The molecule has 1 aliphatic heterocycles. The molecular formula is C21H26N4O3S. The van der Waals surface area contributed by atoms with Crippen molar-refractivity contribution in [1.29, 1.82) is 0 Å². The lowest BCUT2D eigenvalue weighted by molar-refractivity contribution is 0.0986. The maximum atomic E-state index is 12.6. The second-order valence-electron chi connectivity index (χ2n) is 6.91. The minimum atomic E-state index is -0.353. The first-order chi connectivity index (χ1) is 14.0. The maximum absolute atomic E-state index is 12.6. The van der Waals surface area contributed by atoms with Crippen LogP contribution >= 0.6 is 11.8 Å². The molecule has 3 rings (SSSR count). The van der Waals surface area contributed by atoms with Crippen LogP contribution in [0, 0.1) is 0 Å². The molecule has 1 atom stereocenters. The third-order valence-corrected chi connectivity index (χ3v) is 5.50. The van der Waals surface area contributed by atoms with Gasteiger partial charge >= 0.3 is 0 Å². The summed E-state index contributed by atoms with van der Waals surface area (Å²) < 4.78 is 10.6. The number of Topliss-reactive ketones (excluding diaryl/α,β-unsaturated/α-hetero) is 1. The number of benzene rings is 1. The van der Waals surface area contributed by atoms with Crippen molar-refractivity contribution in [3.8, 4) is 5.88 Å². The lowest BCUT2D eigenvalue weighted by Crippen LogP contribution is -2.28. The number of ketones is 1. The molecule has 0 saturated heterocycles. The van der Waals surface area contributed by atoms with Crippen molar-refractivity contribution < 1.29 is 14.3 Å². The van der Waals surface area contributed by atoms with E-state index in [0.717, 1.165) is 23.3 Å². The number of carbonyl (C=O) groups is 1. The van der Waals surface area contributed by atoms with Crippen molar-refractivity contribution in [2.24, 2.45) is 10.7 Å². The standard InChI is InChI=1S/C21H26N4O3S/c1-3-27-8-9-28-19-14-23-17(13-24-19)18(26)12-15-5-4-6-16(11-15)21(2)7-10-29-20(22)25-21/h4-6,11,13-14H,3,7-10,12H2,1-2H3,(H2,22,25)/t21-/m0/s1. The summed E-state index contributed by atoms with van der Waals surface area (Å²) in [5, 5.41) is 0.610. The van der Waals surface area contributed by atoms with Gasteiger partial charge in [0, 0.05) is 18.8 Å². The first-order valence-electron chi connectivity index (χ1n) is 9.63. The van der Waals surface area contributed by atoms with Gasteiger partial charge < -0.3 is 15.2 Å². The summed E-state index contributed by atoms with van der Waals surface area (Å²) in [6.07, 6.45) is 4.07. The molecular weight excluding hydrogens is 388 g/mol. The highest BCUT2D eigenvalue weighted by atomic mass is 32.2. The van der Waals surface area contributed by atoms with Gasteiger partial charge in [0.15, 0.2) is 11.0 Å². The summed E-state index contributed by atoms with van der Waals surface area (Å²) in [5.74, 6) is 1.22. The predicted octanol–water partition coefficient (Wildman–Crippen LogP) is 2.98. The Hall–Kier alpha value is -2.45. The fourth-order valence-corrected chi connectivity index (χ4v) is 4.05. The summed E-state index contributed by atoms with van der Waals surface area (Å²) in [6, 6.07) is 7.96. The molecule has 2 aromatic rings. The lowest BCUT2D eigenvalue weighted by Gasteiger charge is -2.30. The fourth-order valence-electron chi connectivity index (χ4n) is 3.07. The van der Waals surface area contributed by atoms with E-state index in [9.17, 15) is 4.79 Å². The number of thioether (sulfide) groups is 1. The number of ether oxygens (including phenoxy) is 2. The van der Waals surface area contributed by atoms with Crippen molar-refractivity contribution in [2.75, 3.05) is 25.6 Å². The topological polar surface area (TPSA) is 99.7 Å². The highest BCUT2D eigenvalue weighted by molar-refractivity contribution is 8.13. The zero-order chi connectivity index (χ0) is 20.7. The molecule has 1 aromatic carbocycles. The maximum Gasteiger partial charge on any atom is 0.232 e. The average molecular weight is 415 g/mol. The fraction of sp³-hybridized carbons (Fsp3) is 0.429. The molecule has 0 aliphatic carbocycles. The highest BCUT2D eigenvalue weighted by Crippen LogP contribution is 2.35. The van der Waals surface area contributed by atoms with Gasteiger partial charge in [-0.1, -0.05) is 36.0 Å². The van der Waals surface area contributed by atoms with Gasteiger partial charge in [-0.2, -0.15) is 0 Å². The van der Waals surface area contributed by atoms with E-state index in [0.29, 0.717) is 36.6 Å². The summed E-state index contributed by atoms with van der Waals surface area (Å²) in [5.41, 5.74) is 7.87. The number of aromatic nitrogens is 2. The van der Waals surface area contributed by atoms with E-state index in [1.54, 1.807) is 11.8 Å². The normalized spacial score (nSPS) is 18.9. The van der Waals surface area contributed by atoms with Crippen LogP contribution in [0.5, 0.6) is 5.88 Å². The van der Waals surface area contributed by atoms with Gasteiger partial charge in [0.1, 0.15) is 12.3 Å². The average Bonchev–Trinajstić information content (AvgIpc) is 2.72. The molecule has 29 heavy (non-hydrogen) atoms. The van der Waals surface area contributed by atoms with E-state index < -0.39 is 0 Å². The van der Waals surface area contributed by atoms with Crippen LogP contribution in [-0.2, 0) is 16.7 Å². The van der Waals surface area contributed by atoms with Crippen molar-refractivity contribution >= 4 is 22.7 Å². The molecule has 0 amide bonds. The van der Waals surface area contributed by atoms with Gasteiger partial charge in [0.05, 0.1) is 24.5 Å². The molecule has 2 heterocycles. The summed E-state index contributed by atoms with van der Waals surface area (Å²) in [4.78, 5) is 25.6. The molecule has 1 aliphatic rings. The van der Waals surface area contributed by atoms with E-state index in [2.05, 4.69) is 21.9 Å². The van der Waals surface area contributed by atoms with E-state index in [-0.39, 0.29) is 17.7 Å². The van der Waals surface area contributed by atoms with Crippen LogP contribution in [0.2, 0.25) is 0 Å². The van der Waals surface area contributed by atoms with Gasteiger partial charge in [-0.25, -0.2) is 9.97 Å². The number of hydrogen-bond donors (Lipinski definition) is 1. The van der Waals surface area contributed by atoms with Crippen LogP contribution in [-0.4, -0.2) is 46.5 Å². The van der Waals surface area contributed by atoms with Crippen LogP contribution in [0.3, 0.4) is 0 Å². The molecule has 0 unspecified atom stereocenters. The Morgan fingerprint density at radius 3 is 2.86 bits per heavy atom. The molecule has 0 fully saturated rings. The number of nitrogens with two attached hydrogens (primary N) is 1. The van der Waals surface area contributed by atoms with Gasteiger partial charge in [-0.3, -0.25) is 9.79 Å². The minimum Gasteiger partial charge on any atom is -0.474 e. The van der Waals surface area contributed by atoms with Crippen LogP contribution in [0.15, 0.2) is 41.7 Å². The van der Waals surface area contributed by atoms with E-state index in [1.807, 2.05) is 31.2 Å². The molecule has 2 N–H and O–H groups in total. The van der Waals surface area contributed by atoms with Crippen molar-refractivity contribution in [2.45, 2.75) is 32.2 Å². The van der Waals surface area contributed by atoms with Gasteiger partial charge in [-0.05, 0) is 31.4 Å². The lowest BCUT2D eigenvalue weighted by atomic mass is 9.88. The smallest absolute Gasteiger partial charge is 0.232 e. The van der Waals surface area contributed by atoms with Crippen LogP contribution < -0.4 is 10.5 Å². The molecule has 0 saturated carbocycles. The second kappa shape index (κ2) is 9.84. The SMILES string of the molecule is CCOCCOc1cnc(C(=O)Cc2cccc([C@]3(C)CCSC(N)=N3)c2)cn1. The predicted molar refractivity (Wildman–Crippen MR) is 115 cm³/mol. The molecule has 154 valence electrons. The molecule has 0 spiro atoms. The Morgan fingerprint density at radius 2 is 2.14 bits per heavy atom. The molecule has 0 radical (unpaired) electrons. The Bertz CT molecular complexity index is 872. The number of hydrogen-bond acceptors (Lipinski definition) is 8. The Balaban J connectivity index is 1.64. The highest BCUT2D eigenvalue weighted by Gasteiger charge is 2.29. The number of carbonyl (C=O) groups excluding carboxylic acids is 1. The first-order valence-corrected chi connectivity index (χ1v) is 10.6. The van der Waals surface area contributed by atoms with Crippen LogP contribution in [0.1, 0.15) is 41.9 Å². The zero-order valence-electron chi connectivity index (χ0n) is 16.8. The van der Waals surface area contributed by atoms with E-state index in [1.165, 1.54) is 12.4 Å². The molecule has 7 nitrogen and oxygen atoms in total. The molecule has 1 aromatic heterocycles. The summed E-state index contributed by atoms with van der Waals surface area (Å²) in [6.45, 7) is 5.53. The Labute approximate surface area is 175 Å². The van der Waals surface area contributed by atoms with Crippen LogP contribution in [0.4, 0.5) is 0 Å². The van der Waals surface area contributed by atoms with Gasteiger partial charge in [0.2, 0.25) is 5.88 Å². The summed E-state index contributed by atoms with van der Waals surface area (Å²) in [7, 11) is 0. The monoisotopic (exact) mass is 414 g/mol. The van der Waals surface area contributed by atoms with Crippen molar-refractivity contribution in [3.63, 3.8) is 0 Å². The summed E-state index contributed by atoms with van der Waals surface area (Å²) >= 11 is 1.58. The Kier molecular flexibility index (Phi) is 7.22. The minimum absolute atomic E-state index is 0.0946. The quantitative estimate of drug-likeness (QED) is 0.497. The van der Waals surface area contributed by atoms with Crippen molar-refractivity contribution in [3.05, 3.63) is 53.5 Å². The largest absolute Gasteiger partial charge is 0.474 e. The van der Waals surface area contributed by atoms with Crippen molar-refractivity contribution in [1.82, 2.24) is 9.97 Å². The zero-order valence-corrected chi connectivity index (χ0v) is 17.6. The molecule has 8 heteroatoms. The van der Waals surface area contributed by atoms with Gasteiger partial charge in [0.25, 0.3) is 0 Å². The van der Waals surface area contributed by atoms with E-state index in [4.69, 9.17) is 15.2 Å². The Morgan fingerprint density at radius 1 is 1.28 bits per heavy atom. The number of nitrogens with zero attached hydrogens (tertiary/aromatic N) is 3. The second-order valence-corrected chi connectivity index (χ2v) is 8.02. The first kappa shape index (κ1) is 21.3. The van der Waals surface area contributed by atoms with E-state index >= 15 is 0 Å². The molecule has 0 bridgehead atoms. The number of amidine groups is 1. The van der Waals surface area contributed by atoms with Crippen LogP contribution in [0.25, 0.3) is 0 Å². The third-order valence-electron chi connectivity index (χ3n) is 4.70. The number of rotatable bonds is 9. The third kappa shape index (κ3) is 5.77.